The van der Waals surface area contributed by atoms with Gasteiger partial charge >= 0.3 is 6.09 Å². The van der Waals surface area contributed by atoms with Crippen LogP contribution in [0.25, 0.3) is 11.1 Å². The second-order valence-electron chi connectivity index (χ2n) is 12.9. The maximum atomic E-state index is 13.0. The molecule has 0 radical (unpaired) electrons. The number of sulfonamides is 1. The lowest BCUT2D eigenvalue weighted by Crippen LogP contribution is -2.40. The summed E-state index contributed by atoms with van der Waals surface area (Å²) >= 11 is 0. The molecule has 0 heterocycles. The lowest BCUT2D eigenvalue weighted by molar-refractivity contribution is 0.0142. The summed E-state index contributed by atoms with van der Waals surface area (Å²) in [5, 5.41) is 10.8. The van der Waals surface area contributed by atoms with Crippen molar-refractivity contribution in [3.05, 3.63) is 89.5 Å². The number of aliphatic hydroxyl groups excluding tert-OH is 1. The molecule has 0 aromatic heterocycles. The van der Waals surface area contributed by atoms with E-state index in [1.807, 2.05) is 75.4 Å². The third-order valence-electron chi connectivity index (χ3n) is 7.76. The van der Waals surface area contributed by atoms with Crippen molar-refractivity contribution in [1.29, 1.82) is 0 Å². The highest BCUT2D eigenvalue weighted by atomic mass is 32.2. The van der Waals surface area contributed by atoms with E-state index in [0.29, 0.717) is 25.1 Å². The summed E-state index contributed by atoms with van der Waals surface area (Å²) in [4.78, 5) is 27.3. The van der Waals surface area contributed by atoms with Gasteiger partial charge in [-0.2, -0.15) is 0 Å². The molecule has 10 heteroatoms. The van der Waals surface area contributed by atoms with Crippen LogP contribution in [0.4, 0.5) is 4.79 Å². The fourth-order valence-electron chi connectivity index (χ4n) is 5.48. The van der Waals surface area contributed by atoms with Crippen LogP contribution in [0.3, 0.4) is 0 Å². The fraction of sp³-hybridized carbons (Fsp3) is 0.444. The Balaban J connectivity index is 1.44. The predicted octanol–water partition coefficient (Wildman–Crippen LogP) is 6.66. The fourth-order valence-corrected chi connectivity index (χ4v) is 5.93. The lowest BCUT2D eigenvalue weighted by atomic mass is 9.97. The van der Waals surface area contributed by atoms with Gasteiger partial charge in [-0.15, -0.1) is 0 Å². The Labute approximate surface area is 273 Å². The highest BCUT2D eigenvalue weighted by molar-refractivity contribution is 7.89. The van der Waals surface area contributed by atoms with Gasteiger partial charge in [-0.05, 0) is 93.7 Å². The Morgan fingerprint density at radius 1 is 0.957 bits per heavy atom. The largest absolute Gasteiger partial charge is 0.490 e. The minimum Gasteiger partial charge on any atom is -0.490 e. The molecule has 248 valence electrons. The lowest BCUT2D eigenvalue weighted by Gasteiger charge is -2.29. The molecule has 0 aliphatic heterocycles. The zero-order chi connectivity index (χ0) is 33.3. The maximum absolute atomic E-state index is 13.0. The van der Waals surface area contributed by atoms with Gasteiger partial charge in [0, 0.05) is 6.54 Å². The quantitative estimate of drug-likeness (QED) is 0.225. The van der Waals surface area contributed by atoms with Gasteiger partial charge in [-0.25, -0.2) is 17.9 Å². The number of amides is 2. The van der Waals surface area contributed by atoms with Crippen molar-refractivity contribution in [3.63, 3.8) is 0 Å². The smallest absolute Gasteiger partial charge is 0.410 e. The number of rotatable bonds is 12. The molecule has 1 saturated carbocycles. The van der Waals surface area contributed by atoms with Gasteiger partial charge in [0.1, 0.15) is 11.4 Å². The Kier molecular flexibility index (Phi) is 11.9. The summed E-state index contributed by atoms with van der Waals surface area (Å²) in [6, 6.07) is 22.5. The Bertz CT molecular complexity index is 1560. The summed E-state index contributed by atoms with van der Waals surface area (Å²) in [6.07, 6.45) is 6.07. The molecular weight excluding hydrogens is 604 g/mol. The molecule has 2 amide bonds. The van der Waals surface area contributed by atoms with Gasteiger partial charge in [0.2, 0.25) is 10.0 Å². The van der Waals surface area contributed by atoms with Crippen molar-refractivity contribution < 1.29 is 32.6 Å². The first-order valence-electron chi connectivity index (χ1n) is 15.9. The zero-order valence-corrected chi connectivity index (χ0v) is 28.0. The molecule has 1 atom stereocenters. The van der Waals surface area contributed by atoms with Gasteiger partial charge in [-0.1, -0.05) is 67.1 Å². The standard InChI is InChI=1S/C36H46N2O7S/c1-36(2,3)45-35(41)38(25-32(39)28-13-7-5-8-14-28)23-11-12-26-17-19-27(20-18-26)29-21-22-31(34(40)37-46(4,42)43)33(24-29)44-30-15-9-6-10-16-30/h5,7-8,13-14,17-22,24,30,32,39H,6,9-12,15-16,23,25H2,1-4H3,(H,37,40)/t32-/m0/s1. The topological polar surface area (TPSA) is 122 Å². The van der Waals surface area contributed by atoms with E-state index in [9.17, 15) is 23.1 Å². The monoisotopic (exact) mass is 650 g/mol. The van der Waals surface area contributed by atoms with Crippen LogP contribution in [0, 0.1) is 0 Å². The number of aryl methyl sites for hydroxylation is 1. The molecule has 3 aromatic rings. The van der Waals surface area contributed by atoms with Crippen LogP contribution < -0.4 is 9.46 Å². The van der Waals surface area contributed by atoms with E-state index in [-0.39, 0.29) is 18.2 Å². The minimum atomic E-state index is -3.73. The van der Waals surface area contributed by atoms with Crippen molar-refractivity contribution in [2.75, 3.05) is 19.3 Å². The summed E-state index contributed by atoms with van der Waals surface area (Å²) in [5.41, 5.74) is 3.12. The molecule has 0 bridgehead atoms. The maximum Gasteiger partial charge on any atom is 0.410 e. The molecule has 9 nitrogen and oxygen atoms in total. The highest BCUT2D eigenvalue weighted by Crippen LogP contribution is 2.31. The van der Waals surface area contributed by atoms with Gasteiger partial charge < -0.3 is 19.5 Å². The molecular formula is C36H46N2O7S. The molecule has 3 aromatic carbocycles. The highest BCUT2D eigenvalue weighted by Gasteiger charge is 2.25. The predicted molar refractivity (Wildman–Crippen MR) is 179 cm³/mol. The number of aliphatic hydroxyl groups is 1. The van der Waals surface area contributed by atoms with Crippen LogP contribution in [-0.4, -0.2) is 61.5 Å². The molecule has 1 aliphatic carbocycles. The minimum absolute atomic E-state index is 0.0230. The van der Waals surface area contributed by atoms with Crippen LogP contribution in [0.15, 0.2) is 72.8 Å². The number of hydrogen-bond donors (Lipinski definition) is 2. The summed E-state index contributed by atoms with van der Waals surface area (Å²) in [6.45, 7) is 6.00. The van der Waals surface area contributed by atoms with E-state index in [1.54, 1.807) is 23.1 Å². The van der Waals surface area contributed by atoms with Crippen LogP contribution in [-0.2, 0) is 21.2 Å². The van der Waals surface area contributed by atoms with Crippen LogP contribution in [0.1, 0.15) is 86.9 Å². The Morgan fingerprint density at radius 3 is 2.24 bits per heavy atom. The van der Waals surface area contributed by atoms with Crippen LogP contribution >= 0.6 is 0 Å². The zero-order valence-electron chi connectivity index (χ0n) is 27.2. The molecule has 0 unspecified atom stereocenters. The molecule has 0 saturated heterocycles. The van der Waals surface area contributed by atoms with Gasteiger partial charge in [0.05, 0.1) is 30.6 Å². The summed E-state index contributed by atoms with van der Waals surface area (Å²) in [5.74, 6) is -0.346. The number of carbonyl (C=O) groups is 2. The number of hydrogen-bond acceptors (Lipinski definition) is 7. The molecule has 4 rings (SSSR count). The van der Waals surface area contributed by atoms with Gasteiger partial charge in [-0.3, -0.25) is 4.79 Å². The first-order chi connectivity index (χ1) is 21.8. The molecule has 2 N–H and O–H groups in total. The Hall–Kier alpha value is -3.89. The number of carbonyl (C=O) groups excluding carboxylic acids is 2. The molecule has 0 spiro atoms. The normalized spacial score (nSPS) is 14.7. The summed E-state index contributed by atoms with van der Waals surface area (Å²) in [7, 11) is -3.73. The molecule has 1 aliphatic rings. The van der Waals surface area contributed by atoms with Gasteiger partial charge in [0.15, 0.2) is 0 Å². The van der Waals surface area contributed by atoms with E-state index in [2.05, 4.69) is 4.72 Å². The van der Waals surface area contributed by atoms with Crippen LogP contribution in [0.5, 0.6) is 5.75 Å². The van der Waals surface area contributed by atoms with Crippen molar-refractivity contribution >= 4 is 22.0 Å². The first-order valence-corrected chi connectivity index (χ1v) is 17.8. The molecule has 1 fully saturated rings. The third-order valence-corrected chi connectivity index (χ3v) is 8.32. The van der Waals surface area contributed by atoms with E-state index in [0.717, 1.165) is 60.6 Å². The average Bonchev–Trinajstić information content (AvgIpc) is 3.00. The second-order valence-corrected chi connectivity index (χ2v) is 14.7. The van der Waals surface area contributed by atoms with Crippen molar-refractivity contribution in [1.82, 2.24) is 9.62 Å². The van der Waals surface area contributed by atoms with Crippen molar-refractivity contribution in [2.24, 2.45) is 0 Å². The summed E-state index contributed by atoms with van der Waals surface area (Å²) < 4.78 is 37.4. The average molecular weight is 651 g/mol. The SMILES string of the molecule is CC(C)(C)OC(=O)N(CCCc1ccc(-c2ccc(C(=O)NS(C)(=O)=O)c(OC3CCCCC3)c2)cc1)C[C@H](O)c1ccccc1. The third kappa shape index (κ3) is 10.9. The van der Waals surface area contributed by atoms with Crippen LogP contribution in [0.2, 0.25) is 0 Å². The van der Waals surface area contributed by atoms with E-state index >= 15 is 0 Å². The second kappa shape index (κ2) is 15.6. The Morgan fingerprint density at radius 2 is 1.61 bits per heavy atom. The number of benzene rings is 3. The number of ether oxygens (including phenoxy) is 2. The van der Waals surface area contributed by atoms with Crippen molar-refractivity contribution in [2.45, 2.75) is 83.5 Å². The first kappa shape index (κ1) is 35.0. The van der Waals surface area contributed by atoms with Gasteiger partial charge in [0.25, 0.3) is 5.91 Å². The molecule has 46 heavy (non-hydrogen) atoms. The van der Waals surface area contributed by atoms with Crippen molar-refractivity contribution in [3.8, 4) is 16.9 Å². The van der Waals surface area contributed by atoms with E-state index < -0.39 is 33.7 Å². The van der Waals surface area contributed by atoms with E-state index in [1.165, 1.54) is 0 Å². The number of nitrogens with zero attached hydrogens (tertiary/aromatic N) is 1. The number of nitrogens with one attached hydrogen (secondary N) is 1. The van der Waals surface area contributed by atoms with E-state index in [4.69, 9.17) is 9.47 Å².